The fourth-order valence-electron chi connectivity index (χ4n) is 19.6. The van der Waals surface area contributed by atoms with Gasteiger partial charge in [0.05, 0.1) is 5.69 Å². The summed E-state index contributed by atoms with van der Waals surface area (Å²) in [6.07, 6.45) is 5.40. The summed E-state index contributed by atoms with van der Waals surface area (Å²) in [6, 6.07) is 159. The molecule has 642 valence electrons. The van der Waals surface area contributed by atoms with Gasteiger partial charge < -0.3 is 0 Å². The Morgan fingerprint density at radius 2 is 0.406 bits per heavy atom. The number of fused-ring (bicyclic) bond motifs is 21. The Balaban J connectivity index is 0.000000110. The van der Waals surface area contributed by atoms with Crippen LogP contribution in [-0.2, 0) is 0 Å². The average molecular weight is 1760 g/mol. The first-order valence-electron chi connectivity index (χ1n) is 46.2. The molecule has 0 saturated heterocycles. The van der Waals surface area contributed by atoms with E-state index in [0.717, 1.165) is 61.3 Å². The van der Waals surface area contributed by atoms with Gasteiger partial charge in [-0.15, -0.1) is 0 Å². The molecule has 0 spiro atoms. The number of hydrogen-bond acceptors (Lipinski definition) is 12. The highest BCUT2D eigenvalue weighted by Gasteiger charge is 2.23. The summed E-state index contributed by atoms with van der Waals surface area (Å²) in [6.45, 7) is 0. The van der Waals surface area contributed by atoms with Crippen LogP contribution >= 0.6 is 0 Å². The maximum absolute atomic E-state index is 5.03. The summed E-state index contributed by atoms with van der Waals surface area (Å²) < 4.78 is 0. The first-order valence-corrected chi connectivity index (χ1v) is 46.2. The molecule has 21 aromatic carbocycles. The van der Waals surface area contributed by atoms with Crippen molar-refractivity contribution in [2.24, 2.45) is 0 Å². The standard InChI is InChI=1S/3C42H26N4/c1-3-12-29(13-4-1)40-44-41(30-14-5-2-6-15-30)46-42(45-40)31-22-24-38(43-26-31)36-25-37-35(33-17-9-10-18-34(33)36)23-21-28-20-19-27-11-7-8-16-32(27)39(28)37;1-2-11-29(12-3-1)40-44-41(46-42(45-40)38-16-8-9-25-43-38)30-19-17-28(18-20-30)37-26-31-13-5-7-15-33(31)39-35-22-21-27-10-4-6-14-32(27)34(35)23-24-36(37)39;1-2-11-30(12-3-1)40-44-41(46-42(45-40)38-16-8-9-25-43-38)31-21-18-28(19-22-31)36-26-37-35(33-14-6-7-15-34(33)36)24-23-29-20-17-27-10-4-5-13-32(27)39(29)37/h3*1-26H. The summed E-state index contributed by atoms with van der Waals surface area (Å²) >= 11 is 0. The lowest BCUT2D eigenvalue weighted by Gasteiger charge is -2.15. The molecule has 6 heterocycles. The van der Waals surface area contributed by atoms with Crippen LogP contribution in [0.1, 0.15) is 0 Å². The van der Waals surface area contributed by atoms with Gasteiger partial charge in [0, 0.05) is 63.1 Å². The van der Waals surface area contributed by atoms with Crippen LogP contribution in [0.3, 0.4) is 0 Å². The molecular weight excluding hydrogens is 1680 g/mol. The topological polar surface area (TPSA) is 155 Å². The molecule has 27 aromatic rings. The highest BCUT2D eigenvalue weighted by Crippen LogP contribution is 2.46. The van der Waals surface area contributed by atoms with Crippen molar-refractivity contribution in [2.75, 3.05) is 0 Å². The lowest BCUT2D eigenvalue weighted by Crippen LogP contribution is -2.01. The molecule has 0 aliphatic heterocycles. The van der Waals surface area contributed by atoms with Crippen molar-refractivity contribution in [3.8, 4) is 136 Å². The van der Waals surface area contributed by atoms with E-state index in [0.29, 0.717) is 63.8 Å². The van der Waals surface area contributed by atoms with Gasteiger partial charge in [-0.05, 0) is 206 Å². The molecular formula is C126H78N12. The second kappa shape index (κ2) is 35.1. The van der Waals surface area contributed by atoms with Crippen molar-refractivity contribution in [3.05, 3.63) is 474 Å². The van der Waals surface area contributed by atoms with Gasteiger partial charge >= 0.3 is 0 Å². The van der Waals surface area contributed by atoms with Gasteiger partial charge in [-0.3, -0.25) is 15.0 Å². The monoisotopic (exact) mass is 1760 g/mol. The predicted molar refractivity (Wildman–Crippen MR) is 568 cm³/mol. The van der Waals surface area contributed by atoms with Gasteiger partial charge in [0.2, 0.25) is 0 Å². The van der Waals surface area contributed by atoms with Gasteiger partial charge in [-0.2, -0.15) is 0 Å². The second-order valence-corrected chi connectivity index (χ2v) is 34.4. The van der Waals surface area contributed by atoms with E-state index in [9.17, 15) is 0 Å². The third-order valence-electron chi connectivity index (χ3n) is 26.3. The van der Waals surface area contributed by atoms with Gasteiger partial charge in [-0.25, -0.2) is 44.9 Å². The van der Waals surface area contributed by atoms with Gasteiger partial charge in [0.1, 0.15) is 11.4 Å². The summed E-state index contributed by atoms with van der Waals surface area (Å²) in [5.41, 5.74) is 14.5. The van der Waals surface area contributed by atoms with Crippen LogP contribution in [0.15, 0.2) is 474 Å². The summed E-state index contributed by atoms with van der Waals surface area (Å²) in [7, 11) is 0. The molecule has 27 rings (SSSR count). The molecule has 0 unspecified atom stereocenters. The van der Waals surface area contributed by atoms with E-state index in [-0.39, 0.29) is 0 Å². The quantitative estimate of drug-likeness (QED) is 0.107. The highest BCUT2D eigenvalue weighted by molar-refractivity contribution is 6.30. The fraction of sp³-hybridized carbons (Fsp3) is 0. The maximum Gasteiger partial charge on any atom is 0.182 e. The van der Waals surface area contributed by atoms with Crippen LogP contribution < -0.4 is 0 Å². The molecule has 0 atom stereocenters. The lowest BCUT2D eigenvalue weighted by atomic mass is 9.89. The summed E-state index contributed by atoms with van der Waals surface area (Å²) in [5, 5.41) is 30.0. The Morgan fingerprint density at radius 3 is 0.841 bits per heavy atom. The predicted octanol–water partition coefficient (Wildman–Crippen LogP) is 31.6. The van der Waals surface area contributed by atoms with Gasteiger partial charge in [0.15, 0.2) is 52.4 Å². The van der Waals surface area contributed by atoms with Crippen LogP contribution in [0, 0.1) is 0 Å². The molecule has 12 nitrogen and oxygen atoms in total. The molecule has 0 radical (unpaired) electrons. The van der Waals surface area contributed by atoms with E-state index in [1.54, 1.807) is 12.4 Å². The van der Waals surface area contributed by atoms with Crippen LogP contribution in [0.5, 0.6) is 0 Å². The smallest absolute Gasteiger partial charge is 0.182 e. The minimum absolute atomic E-state index is 0.549. The Labute approximate surface area is 793 Å². The van der Waals surface area contributed by atoms with E-state index < -0.39 is 0 Å². The number of nitrogens with zero attached hydrogens (tertiary/aromatic N) is 12. The van der Waals surface area contributed by atoms with Crippen molar-refractivity contribution in [1.29, 1.82) is 0 Å². The lowest BCUT2D eigenvalue weighted by molar-refractivity contribution is 1.06. The molecule has 0 amide bonds. The largest absolute Gasteiger partial charge is 0.255 e. The zero-order valence-corrected chi connectivity index (χ0v) is 74.4. The van der Waals surface area contributed by atoms with Crippen molar-refractivity contribution in [2.45, 2.75) is 0 Å². The first kappa shape index (κ1) is 81.2. The fourth-order valence-corrected chi connectivity index (χ4v) is 19.6. The van der Waals surface area contributed by atoms with Crippen LogP contribution in [0.4, 0.5) is 0 Å². The Bertz CT molecular complexity index is 8880. The molecule has 138 heavy (non-hydrogen) atoms. The Morgan fingerprint density at radius 1 is 0.123 bits per heavy atom. The van der Waals surface area contributed by atoms with E-state index >= 15 is 0 Å². The number of aromatic nitrogens is 12. The normalized spacial score (nSPS) is 11.5. The molecule has 0 saturated carbocycles. The maximum atomic E-state index is 5.03. The molecule has 0 bridgehead atoms. The number of benzene rings is 21. The molecule has 0 aliphatic carbocycles. The number of hydrogen-bond donors (Lipinski definition) is 0. The van der Waals surface area contributed by atoms with E-state index in [1.807, 2.05) is 164 Å². The third-order valence-corrected chi connectivity index (χ3v) is 26.3. The Kier molecular flexibility index (Phi) is 20.6. The molecule has 12 heteroatoms. The average Bonchev–Trinajstić information content (AvgIpc) is 0.735. The Hall–Kier alpha value is -18.8. The second-order valence-electron chi connectivity index (χ2n) is 34.4. The minimum atomic E-state index is 0.549. The zero-order valence-electron chi connectivity index (χ0n) is 74.4. The third kappa shape index (κ3) is 15.2. The van der Waals surface area contributed by atoms with Crippen molar-refractivity contribution < 1.29 is 0 Å². The number of pyridine rings is 3. The van der Waals surface area contributed by atoms with Crippen LogP contribution in [0.2, 0.25) is 0 Å². The SMILES string of the molecule is c1ccc(-c2nc(-c3ccc(-c4cc5c(ccc6ccc7ccccc7c65)c5ccccc45)cc3)nc(-c3ccccn3)n2)cc1.c1ccc(-c2nc(-c3ccc(-c4cc5ccccc5c5c4ccc4c6ccccc6ccc45)cc3)nc(-c3ccccn3)n2)cc1.c1ccc(-c2nc(-c3ccccc3)nc(-c3ccc(-c4cc5c(ccc6ccc7ccccc7c65)c5ccccc45)nc3)n2)cc1. The molecule has 6 aromatic heterocycles. The van der Waals surface area contributed by atoms with E-state index in [4.69, 9.17) is 49.8 Å². The van der Waals surface area contributed by atoms with Crippen molar-refractivity contribution in [3.63, 3.8) is 0 Å². The van der Waals surface area contributed by atoms with Gasteiger partial charge in [-0.1, -0.05) is 400 Å². The molecule has 0 aliphatic rings. The first-order chi connectivity index (χ1) is 68.4. The number of rotatable bonds is 12. The van der Waals surface area contributed by atoms with Crippen LogP contribution in [-0.4, -0.2) is 59.8 Å². The van der Waals surface area contributed by atoms with Crippen molar-refractivity contribution in [1.82, 2.24) is 59.8 Å². The van der Waals surface area contributed by atoms with E-state index in [2.05, 4.69) is 307 Å². The van der Waals surface area contributed by atoms with E-state index in [1.165, 1.54) is 140 Å². The molecule has 0 fully saturated rings. The summed E-state index contributed by atoms with van der Waals surface area (Å²) in [4.78, 5) is 57.8. The summed E-state index contributed by atoms with van der Waals surface area (Å²) in [5.74, 6) is 5.42. The zero-order chi connectivity index (χ0) is 91.4. The minimum Gasteiger partial charge on any atom is -0.255 e. The molecule has 0 N–H and O–H groups in total. The van der Waals surface area contributed by atoms with Crippen molar-refractivity contribution >= 4 is 129 Å². The van der Waals surface area contributed by atoms with Gasteiger partial charge in [0.25, 0.3) is 0 Å². The highest BCUT2D eigenvalue weighted by atomic mass is 15.1. The van der Waals surface area contributed by atoms with Crippen LogP contribution in [0.25, 0.3) is 266 Å².